The van der Waals surface area contributed by atoms with Gasteiger partial charge in [0.2, 0.25) is 0 Å². The van der Waals surface area contributed by atoms with Gasteiger partial charge in [-0.3, -0.25) is 0 Å². The van der Waals surface area contributed by atoms with Gasteiger partial charge >= 0.3 is 0 Å². The molecular weight excluding hydrogens is 1880 g/mol. The van der Waals surface area contributed by atoms with Crippen molar-refractivity contribution in [3.8, 4) is 0 Å². The summed E-state index contributed by atoms with van der Waals surface area (Å²) in [5.41, 5.74) is -7.18. The summed E-state index contributed by atoms with van der Waals surface area (Å²) in [6.45, 7) is 67.9. The van der Waals surface area contributed by atoms with E-state index in [1.54, 1.807) is 41.5 Å². The van der Waals surface area contributed by atoms with Crippen LogP contribution in [0.5, 0.6) is 0 Å². The van der Waals surface area contributed by atoms with Gasteiger partial charge in [-0.25, -0.2) is 0 Å². The van der Waals surface area contributed by atoms with Gasteiger partial charge in [-0.05, 0) is 210 Å². The summed E-state index contributed by atoms with van der Waals surface area (Å²) in [4.78, 5) is 0. The summed E-state index contributed by atoms with van der Waals surface area (Å²) in [7, 11) is 0. The lowest BCUT2D eigenvalue weighted by Gasteiger charge is -2.38. The number of rotatable bonds is 63. The highest BCUT2D eigenvalue weighted by Crippen LogP contribution is 2.37. The fourth-order valence-corrected chi connectivity index (χ4v) is 17.0. The maximum Gasteiger partial charge on any atom is 0.114 e. The molecule has 0 aromatic carbocycles. The van der Waals surface area contributed by atoms with E-state index in [1.807, 2.05) is 166 Å². The molecule has 0 saturated heterocycles. The molecule has 0 aromatic rings. The lowest BCUT2D eigenvalue weighted by molar-refractivity contribution is -0.116. The SMILES string of the molecule is CCC(CCO)C(CCO)C(C)C.CCC(O)(CO)C(CO)C(C)C.CCC(O)(CO)C(O)CC(C)C.CCC(O)(CO)C(O)CC(C)C.CCC(O)C(C(C)C)C(O)CO.CCC(O)C(CO)(CO)C(C)C.CCC(O)C(O)(CO)CC(C)C.CCC(O)C(O)(CO)CC(C)C.CCC(O)C(O)C(CO)C(C)C.CCC(O)C(O)C(CO)C(C)C.CCC(O)C(O)C(O)CC(C)C.CCCC(CO)(CCO)C(C)C. The highest BCUT2D eigenvalue weighted by Gasteiger charge is 2.42. The van der Waals surface area contributed by atoms with Crippen molar-refractivity contribution in [2.24, 2.45) is 117 Å². The van der Waals surface area contributed by atoms with Crippen LogP contribution in [-0.4, -0.2) is 386 Å². The third kappa shape index (κ3) is 73.7. The summed E-state index contributed by atoms with van der Waals surface area (Å²) < 4.78 is 0. The highest BCUT2D eigenvalue weighted by atomic mass is 16.4. The van der Waals surface area contributed by atoms with Crippen LogP contribution in [0.3, 0.4) is 0 Å². The molecule has 0 radical (unpaired) electrons. The number of hydrogen-bond acceptors (Lipinski definition) is 34. The molecule has 0 aliphatic heterocycles. The Labute approximate surface area is 883 Å². The van der Waals surface area contributed by atoms with Crippen LogP contribution >= 0.6 is 0 Å². The molecule has 0 spiro atoms. The van der Waals surface area contributed by atoms with E-state index in [0.29, 0.717) is 138 Å². The molecule has 0 saturated carbocycles. The molecule has 26 unspecified atom stereocenters. The quantitative estimate of drug-likeness (QED) is 0.0271. The first kappa shape index (κ1) is 169. The fraction of sp³-hybridized carbons (Fsp3) is 1.00. The van der Waals surface area contributed by atoms with Crippen LogP contribution < -0.4 is 0 Å². The predicted molar refractivity (Wildman–Crippen MR) is 584 cm³/mol. The molecule has 145 heavy (non-hydrogen) atoms. The van der Waals surface area contributed by atoms with Gasteiger partial charge < -0.3 is 174 Å². The van der Waals surface area contributed by atoms with Crippen molar-refractivity contribution in [1.29, 1.82) is 0 Å². The first-order valence-electron chi connectivity index (χ1n) is 55.1. The summed E-state index contributed by atoms with van der Waals surface area (Å²) in [6.07, 6.45) is 1.93. The standard InChI is InChI=1S/C11H24O2.C10H22O2.10C9H20O3/c1-4-10(5-7-12)11(6-8-13)9(2)3;1-4-5-10(8-12,6-7-11)9(2)3;1-4-9(12,6-11)8(5-10)7(2)3;1-4-8(12)9(5-10,6-11)7(2)3;2*1-4-9(12,6-10)8(11)5-7(2)3;2*1-4-8(11)9(12,6-10)5-7(2)3;2*1-4-8(11)9(12)7(5-10)6(2)3;1-4-7(11)9(6(2)3)8(12)5-10;1-4-7(10)9(12)8(11)5-6(2)3/h9-13H,4-8H2,1-3H3;9,11-12H,4-8H2,1-3H3;6*7-8,10-12H,4-6H2,1-3H3;4*6-12H,4-5H2,1-3H3. The molecule has 894 valence electrons. The van der Waals surface area contributed by atoms with Gasteiger partial charge in [0.05, 0.1) is 138 Å². The summed E-state index contributed by atoms with van der Waals surface area (Å²) in [5.74, 6) is 3.57. The fourth-order valence-electron chi connectivity index (χ4n) is 17.0. The van der Waals surface area contributed by atoms with E-state index >= 15 is 0 Å². The van der Waals surface area contributed by atoms with Crippen LogP contribution in [0.2, 0.25) is 0 Å². The Morgan fingerprint density at radius 3 is 0.717 bits per heavy atom. The largest absolute Gasteiger partial charge is 0.396 e. The van der Waals surface area contributed by atoms with E-state index in [1.165, 1.54) is 0 Å². The smallest absolute Gasteiger partial charge is 0.114 e. The summed E-state index contributed by atoms with van der Waals surface area (Å²) in [5, 5.41) is 315. The minimum Gasteiger partial charge on any atom is -0.396 e. The molecule has 34 N–H and O–H groups in total. The van der Waals surface area contributed by atoms with Crippen LogP contribution in [0.25, 0.3) is 0 Å². The molecule has 0 fully saturated rings. The number of aliphatic hydroxyl groups is 34. The summed E-state index contributed by atoms with van der Waals surface area (Å²) in [6, 6.07) is 0. The maximum absolute atomic E-state index is 9.85. The van der Waals surface area contributed by atoms with Crippen LogP contribution in [-0.2, 0) is 0 Å². The number of hydrogen-bond donors (Lipinski definition) is 34. The van der Waals surface area contributed by atoms with E-state index in [2.05, 4.69) is 41.5 Å². The summed E-state index contributed by atoms with van der Waals surface area (Å²) >= 11 is 0. The second-order valence-electron chi connectivity index (χ2n) is 44.7. The minimum absolute atomic E-state index is 0.0521. The van der Waals surface area contributed by atoms with Gasteiger partial charge in [0.25, 0.3) is 0 Å². The minimum atomic E-state index is -1.32. The van der Waals surface area contributed by atoms with E-state index in [9.17, 15) is 102 Å². The van der Waals surface area contributed by atoms with Gasteiger partial charge in [0.15, 0.2) is 0 Å². The Balaban J connectivity index is -0.000000133. The zero-order chi connectivity index (χ0) is 117. The second kappa shape index (κ2) is 96.0. The van der Waals surface area contributed by atoms with Crippen molar-refractivity contribution in [2.45, 2.75) is 498 Å². The molecule has 0 rings (SSSR count). The normalized spacial score (nSPS) is 18.4. The Hall–Kier alpha value is -1.36. The third-order valence-corrected chi connectivity index (χ3v) is 28.5. The first-order valence-corrected chi connectivity index (χ1v) is 55.1. The second-order valence-corrected chi connectivity index (χ2v) is 44.7. The van der Waals surface area contributed by atoms with Crippen molar-refractivity contribution in [2.75, 3.05) is 99.1 Å². The third-order valence-electron chi connectivity index (χ3n) is 28.5. The van der Waals surface area contributed by atoms with Gasteiger partial charge in [-0.2, -0.15) is 0 Å². The van der Waals surface area contributed by atoms with Gasteiger partial charge in [-0.15, -0.1) is 0 Å². The molecule has 0 aliphatic carbocycles. The molecule has 0 heterocycles. The lowest BCUT2D eigenvalue weighted by atomic mass is 9.72. The van der Waals surface area contributed by atoms with Gasteiger partial charge in [-0.1, -0.05) is 262 Å². The van der Waals surface area contributed by atoms with Crippen LogP contribution in [0.15, 0.2) is 0 Å². The van der Waals surface area contributed by atoms with E-state index < -0.39 is 119 Å². The number of aliphatic hydroxyl groups excluding tert-OH is 29. The van der Waals surface area contributed by atoms with Crippen LogP contribution in [0.4, 0.5) is 0 Å². The van der Waals surface area contributed by atoms with Crippen molar-refractivity contribution in [3.63, 3.8) is 0 Å². The van der Waals surface area contributed by atoms with Crippen LogP contribution in [0, 0.1) is 117 Å². The zero-order valence-electron chi connectivity index (χ0n) is 98.6. The van der Waals surface area contributed by atoms with Gasteiger partial charge in [0.1, 0.15) is 28.5 Å². The highest BCUT2D eigenvalue weighted by molar-refractivity contribution is 4.92. The van der Waals surface area contributed by atoms with Crippen molar-refractivity contribution in [1.82, 2.24) is 0 Å². The van der Waals surface area contributed by atoms with Crippen molar-refractivity contribution in [3.05, 3.63) is 0 Å². The monoisotopic (exact) mass is 2120 g/mol. The van der Waals surface area contributed by atoms with Crippen LogP contribution in [0.1, 0.15) is 384 Å². The molecule has 0 bridgehead atoms. The molecule has 34 heteroatoms. The van der Waals surface area contributed by atoms with E-state index in [-0.39, 0.29) is 170 Å². The maximum atomic E-state index is 9.85. The predicted octanol–water partition coefficient (Wildman–Crippen LogP) is 8.40. The Morgan fingerprint density at radius 1 is 0.228 bits per heavy atom. The molecular formula is C111H246O34. The lowest BCUT2D eigenvalue weighted by Crippen LogP contribution is -2.46. The average molecular weight is 2130 g/mol. The Morgan fingerprint density at radius 2 is 0.545 bits per heavy atom. The first-order chi connectivity index (χ1) is 66.8. The van der Waals surface area contributed by atoms with Gasteiger partial charge in [0, 0.05) is 75.3 Å². The molecule has 34 nitrogen and oxygen atoms in total. The zero-order valence-corrected chi connectivity index (χ0v) is 98.6. The Bertz CT molecular complexity index is 2540. The van der Waals surface area contributed by atoms with Crippen molar-refractivity contribution >= 4 is 0 Å². The Kier molecular flexibility index (Phi) is 112. The van der Waals surface area contributed by atoms with Crippen molar-refractivity contribution < 1.29 is 174 Å². The van der Waals surface area contributed by atoms with E-state index in [0.717, 1.165) is 38.5 Å². The molecule has 26 atom stereocenters. The van der Waals surface area contributed by atoms with E-state index in [4.69, 9.17) is 71.5 Å². The average Bonchev–Trinajstić information content (AvgIpc) is 0.820. The topological polar surface area (TPSA) is 688 Å². The molecule has 0 amide bonds. The molecule has 0 aromatic heterocycles. The molecule has 0 aliphatic rings.